The van der Waals surface area contributed by atoms with Crippen LogP contribution in [0.2, 0.25) is 0 Å². The summed E-state index contributed by atoms with van der Waals surface area (Å²) < 4.78 is 13.6. The second-order valence-electron chi connectivity index (χ2n) is 29.6. The molecule has 506 valence electrons. The van der Waals surface area contributed by atoms with Gasteiger partial charge in [-0.25, -0.2) is 0 Å². The number of amidine groups is 5. The predicted molar refractivity (Wildman–Crippen MR) is 404 cm³/mol. The molecule has 5 saturated heterocycles. The first-order valence-corrected chi connectivity index (χ1v) is 43.2. The Kier molecular flexibility index (Phi) is 35.7. The molecular weight excluding hydrogens is 1160 g/mol. The van der Waals surface area contributed by atoms with Crippen molar-refractivity contribution in [3.63, 3.8) is 0 Å². The van der Waals surface area contributed by atoms with Crippen LogP contribution in [0.15, 0.2) is 25.0 Å². The molecule has 0 bridgehead atoms. The molecule has 5 unspecified atom stereocenters. The number of piperidine rings is 2. The predicted octanol–water partition coefficient (Wildman–Crippen LogP) is 21.8. The van der Waals surface area contributed by atoms with Crippen LogP contribution in [-0.2, 0) is 0 Å². The molecule has 10 aliphatic heterocycles. The fourth-order valence-corrected chi connectivity index (χ4v) is 32.3. The number of hydrogen-bond acceptors (Lipinski definition) is 10. The highest BCUT2D eigenvalue weighted by Crippen LogP contribution is 2.57. The summed E-state index contributed by atoms with van der Waals surface area (Å²) in [6, 6.07) is 0. The Morgan fingerprint density at radius 3 is 0.736 bits per heavy atom. The first kappa shape index (κ1) is 78.9. The molecule has 5 fully saturated rings. The summed E-state index contributed by atoms with van der Waals surface area (Å²) in [5, 5.41) is 0. The number of aliphatic imine (C=N–C) groups is 5. The number of hydrogen-bond donors (Lipinski definition) is 0. The fraction of sp³-hybridized carbons (Fsp3) is 0.931. The summed E-state index contributed by atoms with van der Waals surface area (Å²) in [4.78, 5) is 24.4. The van der Waals surface area contributed by atoms with E-state index < -0.39 is 0 Å². The van der Waals surface area contributed by atoms with Crippen molar-refractivity contribution in [1.82, 2.24) is 23.4 Å². The Morgan fingerprint density at radius 2 is 0.437 bits per heavy atom. The Balaban J connectivity index is 0.000000232. The van der Waals surface area contributed by atoms with Gasteiger partial charge < -0.3 is 23.4 Å². The molecule has 0 aromatic rings. The smallest absolute Gasteiger partial charge is 0.105 e. The van der Waals surface area contributed by atoms with E-state index in [1.807, 2.05) is 0 Å². The Hall–Kier alpha value is -0.500. The lowest BCUT2D eigenvalue weighted by Crippen LogP contribution is -2.42. The van der Waals surface area contributed by atoms with E-state index in [1.54, 1.807) is 0 Å². The lowest BCUT2D eigenvalue weighted by Gasteiger charge is -2.45. The van der Waals surface area contributed by atoms with E-state index in [0.717, 1.165) is 119 Å². The quantitative estimate of drug-likeness (QED) is 0.153. The Labute approximate surface area is 548 Å². The van der Waals surface area contributed by atoms with Crippen LogP contribution in [0.3, 0.4) is 0 Å². The topological polar surface area (TPSA) is 78.0 Å². The van der Waals surface area contributed by atoms with Gasteiger partial charge in [-0.05, 0) is 206 Å². The second-order valence-corrected chi connectivity index (χ2v) is 46.1. The van der Waals surface area contributed by atoms with E-state index in [0.29, 0.717) is 0 Å². The van der Waals surface area contributed by atoms with Crippen molar-refractivity contribution in [2.75, 3.05) is 65.4 Å². The normalized spacial score (nSPS) is 24.9. The molecule has 5 atom stereocenters. The van der Waals surface area contributed by atoms with Crippen molar-refractivity contribution in [2.24, 2.45) is 54.6 Å². The fourth-order valence-electron chi connectivity index (χ4n) is 16.6. The van der Waals surface area contributed by atoms with Gasteiger partial charge in [-0.2, -0.15) is 0 Å². The van der Waals surface area contributed by atoms with Gasteiger partial charge in [0, 0.05) is 95.0 Å². The molecule has 0 aliphatic carbocycles. The number of nitrogens with zero attached hydrogens (tertiary/aromatic N) is 10. The van der Waals surface area contributed by atoms with Gasteiger partial charge in [-0.15, -0.1) is 0 Å². The van der Waals surface area contributed by atoms with Crippen molar-refractivity contribution in [3.8, 4) is 0 Å². The minimum Gasteiger partial charge on any atom is -0.339 e. The molecule has 10 rings (SSSR count). The lowest BCUT2D eigenvalue weighted by atomic mass is 9.91. The van der Waals surface area contributed by atoms with Gasteiger partial charge in [-0.3, -0.25) is 25.0 Å². The molecule has 87 heavy (non-hydrogen) atoms. The van der Waals surface area contributed by atoms with Gasteiger partial charge in [0.25, 0.3) is 0 Å². The molecule has 10 heterocycles. The van der Waals surface area contributed by atoms with E-state index >= 15 is 0 Å². The summed E-state index contributed by atoms with van der Waals surface area (Å²) in [7, 11) is -0.195. The summed E-state index contributed by atoms with van der Waals surface area (Å²) in [5.41, 5.74) is 7.85. The van der Waals surface area contributed by atoms with E-state index in [1.165, 1.54) is 190 Å². The zero-order valence-corrected chi connectivity index (χ0v) is 63.6. The third-order valence-corrected chi connectivity index (χ3v) is 34.8. The van der Waals surface area contributed by atoms with Gasteiger partial charge in [0.05, 0.1) is 0 Å². The van der Waals surface area contributed by atoms with Crippen molar-refractivity contribution in [2.45, 2.75) is 338 Å². The highest BCUT2D eigenvalue weighted by molar-refractivity contribution is 7.58. The average molecular weight is 1300 g/mol. The van der Waals surface area contributed by atoms with Crippen LogP contribution in [0.25, 0.3) is 0 Å². The summed E-state index contributed by atoms with van der Waals surface area (Å²) in [5.74, 6) is 11.4. The highest BCUT2D eigenvalue weighted by atomic mass is 31.1. The molecule has 0 N–H and O–H groups in total. The average Bonchev–Trinajstić information content (AvgIpc) is 2.31. The summed E-state index contributed by atoms with van der Waals surface area (Å²) >= 11 is 0. The maximum absolute atomic E-state index is 5.03. The van der Waals surface area contributed by atoms with E-state index in [2.05, 4.69) is 162 Å². The van der Waals surface area contributed by atoms with Crippen LogP contribution in [0.1, 0.15) is 282 Å². The van der Waals surface area contributed by atoms with Crippen molar-refractivity contribution in [1.29, 1.82) is 0 Å². The van der Waals surface area contributed by atoms with Crippen molar-refractivity contribution >= 4 is 69.5 Å². The molecule has 0 spiro atoms. The summed E-state index contributed by atoms with van der Waals surface area (Å²) in [6.07, 6.45) is 27.3. The van der Waals surface area contributed by atoms with Crippen LogP contribution < -0.4 is 0 Å². The molecule has 0 aromatic heterocycles. The minimum absolute atomic E-state index is 0. The maximum atomic E-state index is 5.03. The largest absolute Gasteiger partial charge is 0.339 e. The number of rotatable bonds is 15. The summed E-state index contributed by atoms with van der Waals surface area (Å²) in [6.45, 7) is 59.4. The zero-order chi connectivity index (χ0) is 62.1. The molecule has 10 aliphatic rings. The first-order valence-electron chi connectivity index (χ1n) is 36.1. The van der Waals surface area contributed by atoms with Crippen molar-refractivity contribution < 1.29 is 0 Å². The van der Waals surface area contributed by atoms with Crippen LogP contribution in [0.5, 0.6) is 0 Å². The highest BCUT2D eigenvalue weighted by Gasteiger charge is 2.41. The molecule has 15 heteroatoms. The molecule has 0 saturated carbocycles. The van der Waals surface area contributed by atoms with Gasteiger partial charge in [-0.1, -0.05) is 173 Å². The van der Waals surface area contributed by atoms with Gasteiger partial charge >= 0.3 is 0 Å². The Morgan fingerprint density at radius 1 is 0.230 bits per heavy atom. The molecule has 0 amide bonds. The van der Waals surface area contributed by atoms with E-state index in [9.17, 15) is 0 Å². The molecular formula is C72H143N10P5. The first-order chi connectivity index (χ1) is 40.5. The Bertz CT molecular complexity index is 2060. The van der Waals surface area contributed by atoms with Crippen LogP contribution in [-0.4, -0.2) is 175 Å². The lowest BCUT2D eigenvalue weighted by molar-refractivity contribution is 0.401. The van der Waals surface area contributed by atoms with E-state index in [4.69, 9.17) is 25.0 Å². The van der Waals surface area contributed by atoms with Gasteiger partial charge in [0.15, 0.2) is 0 Å². The molecule has 10 nitrogen and oxygen atoms in total. The standard InChI is InChI=1S/C16H31N2P.C15H29N2P.C14H27N2P.C13H25N2P.C12H23N2P.2CH4/c1-13(2)19(14(3)4)18-12-8-6-10-15-9-5-7-11-17-16(15)18;1-12(2)18(13(3)4)17-11-6-5-8-14-9-7-10-16-15(14)17;1-11(2)17(12(3)4)16-10-6-8-13-7-5-9-15-14(13)16;1-10(2)16(11(3)4)15-9-5-6-12-7-8-14-13(12)15;1-9(2)15(10(3)4)14-8-6-11-5-7-13-12(11)14;;/h13-15H,5-12H2,1-4H3;12-14H,5-11H2,1-4H3;11-13H,5-10H2,1-4H3;10-12H,5-9H2,1-4H3;9-11H,5-8H2,1-4H3;2*1H4. The van der Waals surface area contributed by atoms with Crippen LogP contribution in [0.4, 0.5) is 0 Å². The minimum atomic E-state index is -0.0667. The van der Waals surface area contributed by atoms with Gasteiger partial charge in [0.2, 0.25) is 0 Å². The third kappa shape index (κ3) is 22.0. The van der Waals surface area contributed by atoms with Crippen LogP contribution in [0, 0.1) is 29.6 Å². The van der Waals surface area contributed by atoms with Crippen molar-refractivity contribution in [3.05, 3.63) is 0 Å². The van der Waals surface area contributed by atoms with Crippen LogP contribution >= 0.6 is 40.4 Å². The monoisotopic (exact) mass is 1300 g/mol. The SMILES string of the molecule is C.C.CC(C)P(C(C)C)N1CCC2CCN=C21.CC(C)P(C(C)C)N1CCCC2CCCN=C21.CC(C)P(C(C)C)N1CCCC2CCN=C21.CC(C)P(C(C)C)N1CCCCC2CCCCN=C21.CC(C)P(C(C)C)N1CCCCC2CCCN=C21. The third-order valence-electron chi connectivity index (χ3n) is 19.4. The van der Waals surface area contributed by atoms with E-state index in [-0.39, 0.29) is 55.2 Å². The second kappa shape index (κ2) is 39.4. The number of fused-ring (bicyclic) bond motifs is 5. The molecule has 0 aromatic carbocycles. The zero-order valence-electron chi connectivity index (χ0n) is 59.1. The maximum Gasteiger partial charge on any atom is 0.105 e. The molecule has 0 radical (unpaired) electrons. The van der Waals surface area contributed by atoms with Gasteiger partial charge in [0.1, 0.15) is 29.2 Å².